The summed E-state index contributed by atoms with van der Waals surface area (Å²) in [7, 11) is 0. The molecule has 1 rings (SSSR count). The maximum Gasteiger partial charge on any atom is 0.0192 e. The van der Waals surface area contributed by atoms with Crippen LogP contribution in [0, 0.1) is 0 Å². The van der Waals surface area contributed by atoms with Gasteiger partial charge >= 0.3 is 0 Å². The Balaban J connectivity index is 2.05. The fraction of sp³-hybridized carbons (Fsp3) is 1.00. The number of hydrogen-bond acceptors (Lipinski definition) is 3. The van der Waals surface area contributed by atoms with Crippen LogP contribution in [0.3, 0.4) is 0 Å². The van der Waals surface area contributed by atoms with Gasteiger partial charge in [0.05, 0.1) is 0 Å². The predicted molar refractivity (Wildman–Crippen MR) is 66.1 cm³/mol. The Morgan fingerprint density at radius 3 is 3.00 bits per heavy atom. The van der Waals surface area contributed by atoms with Gasteiger partial charge < -0.3 is 10.2 Å². The number of nitrogens with zero attached hydrogens (tertiary/aromatic N) is 1. The maximum atomic E-state index is 3.55. The van der Waals surface area contributed by atoms with Gasteiger partial charge in [-0.3, -0.25) is 0 Å². The predicted octanol–water partition coefficient (Wildman–Crippen LogP) is 1.81. The quantitative estimate of drug-likeness (QED) is 0.682. The highest BCUT2D eigenvalue weighted by atomic mass is 32.2. The number of thioether (sulfide) groups is 1. The van der Waals surface area contributed by atoms with Crippen molar-refractivity contribution in [1.82, 2.24) is 10.2 Å². The average molecular weight is 216 g/mol. The summed E-state index contributed by atoms with van der Waals surface area (Å²) < 4.78 is 0. The van der Waals surface area contributed by atoms with E-state index in [1.165, 1.54) is 50.5 Å². The van der Waals surface area contributed by atoms with Gasteiger partial charge in [-0.25, -0.2) is 0 Å². The van der Waals surface area contributed by atoms with E-state index in [0.717, 1.165) is 6.04 Å². The zero-order valence-electron chi connectivity index (χ0n) is 9.59. The highest BCUT2D eigenvalue weighted by molar-refractivity contribution is 7.99. The fourth-order valence-corrected chi connectivity index (χ4v) is 2.53. The van der Waals surface area contributed by atoms with Gasteiger partial charge in [0.25, 0.3) is 0 Å². The van der Waals surface area contributed by atoms with E-state index in [0.29, 0.717) is 0 Å². The van der Waals surface area contributed by atoms with Crippen molar-refractivity contribution in [2.45, 2.75) is 32.7 Å². The van der Waals surface area contributed by atoms with Crippen LogP contribution in [0.1, 0.15) is 26.7 Å². The molecule has 1 saturated heterocycles. The summed E-state index contributed by atoms with van der Waals surface area (Å²) >= 11 is 2.06. The lowest BCUT2D eigenvalue weighted by molar-refractivity contribution is 0.198. The summed E-state index contributed by atoms with van der Waals surface area (Å²) in [6.07, 6.45) is 2.62. The average Bonchev–Trinajstić information content (AvgIpc) is 2.25. The van der Waals surface area contributed by atoms with Crippen molar-refractivity contribution in [1.29, 1.82) is 0 Å². The summed E-state index contributed by atoms with van der Waals surface area (Å²) in [5.41, 5.74) is 0. The Kier molecular flexibility index (Phi) is 6.65. The molecule has 1 fully saturated rings. The van der Waals surface area contributed by atoms with Crippen LogP contribution < -0.4 is 5.32 Å². The zero-order valence-corrected chi connectivity index (χ0v) is 10.4. The molecule has 1 N–H and O–H groups in total. The molecular formula is C11H24N2S. The van der Waals surface area contributed by atoms with Gasteiger partial charge in [-0.15, -0.1) is 0 Å². The molecule has 14 heavy (non-hydrogen) atoms. The minimum absolute atomic E-state index is 0.738. The minimum Gasteiger partial charge on any atom is -0.311 e. The molecule has 84 valence electrons. The smallest absolute Gasteiger partial charge is 0.0192 e. The molecule has 0 aromatic rings. The number of piperazine rings is 1. The lowest BCUT2D eigenvalue weighted by Crippen LogP contribution is -2.50. The molecule has 0 radical (unpaired) electrons. The molecule has 2 nitrogen and oxygen atoms in total. The van der Waals surface area contributed by atoms with Crippen LogP contribution >= 0.6 is 11.8 Å². The molecule has 0 aliphatic carbocycles. The van der Waals surface area contributed by atoms with Crippen molar-refractivity contribution >= 4 is 11.8 Å². The Labute approximate surface area is 92.8 Å². The largest absolute Gasteiger partial charge is 0.311 e. The summed E-state index contributed by atoms with van der Waals surface area (Å²) in [4.78, 5) is 2.61. The van der Waals surface area contributed by atoms with Crippen LogP contribution in [0.2, 0.25) is 0 Å². The van der Waals surface area contributed by atoms with Crippen LogP contribution in [-0.4, -0.2) is 48.6 Å². The van der Waals surface area contributed by atoms with Gasteiger partial charge in [-0.05, 0) is 30.9 Å². The van der Waals surface area contributed by atoms with Crippen molar-refractivity contribution in [3.63, 3.8) is 0 Å². The van der Waals surface area contributed by atoms with Crippen molar-refractivity contribution in [2.75, 3.05) is 37.7 Å². The molecule has 1 atom stereocenters. The summed E-state index contributed by atoms with van der Waals surface area (Å²) in [5, 5.41) is 3.55. The van der Waals surface area contributed by atoms with Crippen LogP contribution in [0.15, 0.2) is 0 Å². The van der Waals surface area contributed by atoms with E-state index >= 15 is 0 Å². The maximum absolute atomic E-state index is 3.55. The molecule has 0 bridgehead atoms. The SMILES string of the molecule is CCSCCCN1CCNC(CC)C1. The molecule has 0 saturated carbocycles. The molecule has 0 spiro atoms. The van der Waals surface area contributed by atoms with Gasteiger partial charge in [0.15, 0.2) is 0 Å². The molecule has 1 aliphatic heterocycles. The molecule has 1 aliphatic rings. The second-order valence-corrected chi connectivity index (χ2v) is 5.30. The normalized spacial score (nSPS) is 24.0. The van der Waals surface area contributed by atoms with Crippen LogP contribution in [0.4, 0.5) is 0 Å². The number of rotatable bonds is 6. The highest BCUT2D eigenvalue weighted by Gasteiger charge is 2.16. The van der Waals surface area contributed by atoms with Gasteiger partial charge in [0.1, 0.15) is 0 Å². The lowest BCUT2D eigenvalue weighted by Gasteiger charge is -2.33. The third-order valence-corrected chi connectivity index (χ3v) is 3.79. The fourth-order valence-electron chi connectivity index (χ4n) is 1.91. The molecule has 3 heteroatoms. The molecule has 1 unspecified atom stereocenters. The van der Waals surface area contributed by atoms with Crippen LogP contribution in [0.25, 0.3) is 0 Å². The van der Waals surface area contributed by atoms with Crippen molar-refractivity contribution in [3.8, 4) is 0 Å². The Hall–Kier alpha value is 0.270. The minimum atomic E-state index is 0.738. The zero-order chi connectivity index (χ0) is 10.2. The molecule has 0 aromatic carbocycles. The Bertz CT molecular complexity index is 141. The standard InChI is InChI=1S/C11H24N2S/c1-3-11-10-13(8-6-12-11)7-5-9-14-4-2/h11-12H,3-10H2,1-2H3. The summed E-state index contributed by atoms with van der Waals surface area (Å²) in [6.45, 7) is 9.49. The van der Waals surface area contributed by atoms with Gasteiger partial charge in [0.2, 0.25) is 0 Å². The first-order chi connectivity index (χ1) is 6.86. The topological polar surface area (TPSA) is 15.3 Å². The molecule has 0 amide bonds. The van der Waals surface area contributed by atoms with E-state index in [9.17, 15) is 0 Å². The summed E-state index contributed by atoms with van der Waals surface area (Å²) in [5.74, 6) is 2.59. The van der Waals surface area contributed by atoms with Gasteiger partial charge in [0, 0.05) is 25.7 Å². The van der Waals surface area contributed by atoms with E-state index < -0.39 is 0 Å². The van der Waals surface area contributed by atoms with Crippen molar-refractivity contribution < 1.29 is 0 Å². The van der Waals surface area contributed by atoms with Crippen LogP contribution in [0.5, 0.6) is 0 Å². The van der Waals surface area contributed by atoms with E-state index in [1.807, 2.05) is 0 Å². The van der Waals surface area contributed by atoms with Gasteiger partial charge in [-0.2, -0.15) is 11.8 Å². The van der Waals surface area contributed by atoms with E-state index in [2.05, 4.69) is 35.8 Å². The number of nitrogens with one attached hydrogen (secondary N) is 1. The van der Waals surface area contributed by atoms with E-state index in [1.54, 1.807) is 0 Å². The highest BCUT2D eigenvalue weighted by Crippen LogP contribution is 2.06. The third-order valence-electron chi connectivity index (χ3n) is 2.80. The number of hydrogen-bond donors (Lipinski definition) is 1. The van der Waals surface area contributed by atoms with E-state index in [4.69, 9.17) is 0 Å². The first-order valence-corrected chi connectivity index (χ1v) is 7.05. The summed E-state index contributed by atoms with van der Waals surface area (Å²) in [6, 6.07) is 0.738. The monoisotopic (exact) mass is 216 g/mol. The van der Waals surface area contributed by atoms with Crippen LogP contribution in [-0.2, 0) is 0 Å². The second-order valence-electron chi connectivity index (χ2n) is 3.91. The Morgan fingerprint density at radius 2 is 2.29 bits per heavy atom. The van der Waals surface area contributed by atoms with Crippen molar-refractivity contribution in [2.24, 2.45) is 0 Å². The third kappa shape index (κ3) is 4.67. The molecule has 1 heterocycles. The van der Waals surface area contributed by atoms with E-state index in [-0.39, 0.29) is 0 Å². The first kappa shape index (κ1) is 12.3. The molecular weight excluding hydrogens is 192 g/mol. The van der Waals surface area contributed by atoms with Crippen molar-refractivity contribution in [3.05, 3.63) is 0 Å². The first-order valence-electron chi connectivity index (χ1n) is 5.90. The lowest BCUT2D eigenvalue weighted by atomic mass is 10.1. The Morgan fingerprint density at radius 1 is 1.43 bits per heavy atom. The molecule has 0 aromatic heterocycles. The second kappa shape index (κ2) is 7.55. The van der Waals surface area contributed by atoms with Gasteiger partial charge in [-0.1, -0.05) is 13.8 Å².